The number of rotatable bonds is 7. The monoisotopic (exact) mass is 733 g/mol. The second-order valence-electron chi connectivity index (χ2n) is 16.5. The number of nitrogens with zero attached hydrogens (tertiary/aromatic N) is 1. The van der Waals surface area contributed by atoms with Gasteiger partial charge in [-0.05, 0) is 74.9 Å². The molecule has 3 fully saturated rings. The van der Waals surface area contributed by atoms with Crippen LogP contribution in [0.5, 0.6) is 0 Å². The summed E-state index contributed by atoms with van der Waals surface area (Å²) < 4.78 is 37.1. The molecule has 14 nitrogen and oxygen atoms in total. The Morgan fingerprint density at radius 1 is 0.882 bits per heavy atom. The van der Waals surface area contributed by atoms with Crippen LogP contribution in [0.3, 0.4) is 0 Å². The predicted molar refractivity (Wildman–Crippen MR) is 186 cm³/mol. The second-order valence-corrected chi connectivity index (χ2v) is 16.5. The molecule has 0 aromatic carbocycles. The minimum absolute atomic E-state index is 0.0936. The highest BCUT2D eigenvalue weighted by molar-refractivity contribution is 5.83. The topological polar surface area (TPSA) is 194 Å². The summed E-state index contributed by atoms with van der Waals surface area (Å²) in [5.41, 5.74) is -4.84. The Morgan fingerprint density at radius 2 is 1.49 bits per heavy atom. The lowest BCUT2D eigenvalue weighted by atomic mass is 9.74. The number of aliphatic hydroxyl groups excluding tert-OH is 3. The van der Waals surface area contributed by atoms with Gasteiger partial charge in [-0.3, -0.25) is 9.59 Å². The number of likely N-dealkylation sites (N-methyl/N-ethyl adjacent to an activating group) is 1. The van der Waals surface area contributed by atoms with E-state index in [4.69, 9.17) is 28.4 Å². The number of hydrogen-bond donors (Lipinski definition) is 5. The molecule has 0 radical (unpaired) electrons. The normalized spacial score (nSPS) is 49.7. The number of ether oxygens (including phenoxy) is 6. The second kappa shape index (κ2) is 17.0. The summed E-state index contributed by atoms with van der Waals surface area (Å²) in [5.74, 6) is -4.98. The maximum Gasteiger partial charge on any atom is 0.311 e. The van der Waals surface area contributed by atoms with E-state index in [1.54, 1.807) is 41.5 Å². The number of carbonyl (C=O) groups is 2. The summed E-state index contributed by atoms with van der Waals surface area (Å²) in [5, 5.41) is 57.6. The number of hydrogen-bond acceptors (Lipinski definition) is 14. The molecule has 3 aliphatic heterocycles. The highest BCUT2D eigenvalue weighted by Crippen LogP contribution is 2.40. The number of aliphatic hydroxyl groups is 5. The molecule has 0 aliphatic carbocycles. The minimum atomic E-state index is -1.99. The Morgan fingerprint density at radius 3 is 2.04 bits per heavy atom. The van der Waals surface area contributed by atoms with Crippen molar-refractivity contribution in [3.05, 3.63) is 0 Å². The van der Waals surface area contributed by atoms with Gasteiger partial charge in [0.15, 0.2) is 12.6 Å². The molecule has 0 bridgehead atoms. The zero-order valence-corrected chi connectivity index (χ0v) is 32.9. The first-order chi connectivity index (χ1) is 23.4. The third kappa shape index (κ3) is 9.51. The molecule has 3 saturated heterocycles. The van der Waals surface area contributed by atoms with Crippen LogP contribution in [-0.4, -0.2) is 148 Å². The summed E-state index contributed by atoms with van der Waals surface area (Å²) in [6, 6.07) is -0.324. The van der Waals surface area contributed by atoms with Crippen molar-refractivity contribution in [2.75, 3.05) is 21.2 Å². The quantitative estimate of drug-likeness (QED) is 0.238. The Balaban J connectivity index is 2.18. The Labute approximate surface area is 304 Å². The Kier molecular flexibility index (Phi) is 14.7. The van der Waals surface area contributed by atoms with Crippen LogP contribution in [0.2, 0.25) is 0 Å². The molecule has 14 heteroatoms. The maximum atomic E-state index is 14.1. The van der Waals surface area contributed by atoms with E-state index in [2.05, 4.69) is 0 Å². The van der Waals surface area contributed by atoms with Crippen molar-refractivity contribution >= 4 is 11.8 Å². The van der Waals surface area contributed by atoms with E-state index in [0.717, 1.165) is 0 Å². The van der Waals surface area contributed by atoms with E-state index >= 15 is 0 Å². The molecule has 51 heavy (non-hydrogen) atoms. The van der Waals surface area contributed by atoms with Gasteiger partial charge in [-0.1, -0.05) is 27.7 Å². The molecule has 0 unspecified atom stereocenters. The average Bonchev–Trinajstić information content (AvgIpc) is 3.05. The van der Waals surface area contributed by atoms with Gasteiger partial charge in [0.1, 0.15) is 29.7 Å². The SMILES string of the molecule is CC[C@H]1OC(=O)[C@H](C)[C@@H](O[C@@H]2C[C@@](C)(OC)[C@@H](O)[C@H](C)O2)[C@H](C)[C@@H](O[C@H]2O[C@H](C)C[C@H](N(C)C)[C@H]2O)[C@](C)(O)C[C@@H](C)C(=O)[C@H](C)[C@@H](O)[C@]1(C)O. The summed E-state index contributed by atoms with van der Waals surface area (Å²) >= 11 is 0. The van der Waals surface area contributed by atoms with Crippen LogP contribution in [-0.2, 0) is 38.0 Å². The van der Waals surface area contributed by atoms with Crippen LogP contribution in [0.15, 0.2) is 0 Å². The molecular formula is C37H67NO13. The van der Waals surface area contributed by atoms with Crippen LogP contribution < -0.4 is 0 Å². The molecule has 0 aromatic rings. The van der Waals surface area contributed by atoms with Crippen LogP contribution in [0.4, 0.5) is 0 Å². The van der Waals surface area contributed by atoms with Gasteiger partial charge in [0.2, 0.25) is 0 Å². The highest BCUT2D eigenvalue weighted by atomic mass is 16.7. The van der Waals surface area contributed by atoms with Gasteiger partial charge in [-0.25, -0.2) is 0 Å². The van der Waals surface area contributed by atoms with Gasteiger partial charge < -0.3 is 58.9 Å². The zero-order valence-electron chi connectivity index (χ0n) is 32.9. The zero-order chi connectivity index (χ0) is 39.0. The van der Waals surface area contributed by atoms with Crippen LogP contribution in [0, 0.1) is 23.7 Å². The Hall–Kier alpha value is -1.30. The van der Waals surface area contributed by atoms with Crippen molar-refractivity contribution in [1.29, 1.82) is 0 Å². The first-order valence-electron chi connectivity index (χ1n) is 18.5. The van der Waals surface area contributed by atoms with E-state index in [0.29, 0.717) is 6.42 Å². The number of ketones is 1. The lowest BCUT2D eigenvalue weighted by molar-refractivity contribution is -0.318. The van der Waals surface area contributed by atoms with Crippen molar-refractivity contribution in [3.63, 3.8) is 0 Å². The molecule has 0 spiro atoms. The molecule has 3 rings (SSSR count). The van der Waals surface area contributed by atoms with Crippen LogP contribution in [0.1, 0.15) is 94.9 Å². The molecule has 0 saturated carbocycles. The van der Waals surface area contributed by atoms with E-state index in [1.165, 1.54) is 27.9 Å². The molecular weight excluding hydrogens is 666 g/mol. The molecule has 18 atom stereocenters. The summed E-state index contributed by atoms with van der Waals surface area (Å²) in [6.07, 6.45) is -9.71. The van der Waals surface area contributed by atoms with Gasteiger partial charge in [-0.15, -0.1) is 0 Å². The molecule has 298 valence electrons. The van der Waals surface area contributed by atoms with Crippen molar-refractivity contribution in [2.45, 2.75) is 179 Å². The molecule has 3 aliphatic rings. The van der Waals surface area contributed by atoms with E-state index in [-0.39, 0.29) is 31.4 Å². The smallest absolute Gasteiger partial charge is 0.311 e. The number of Topliss-reactive ketones (excluding diaryl/α,β-unsaturated/α-hetero) is 1. The lowest BCUT2D eigenvalue weighted by Crippen LogP contribution is -2.61. The molecule has 3 heterocycles. The van der Waals surface area contributed by atoms with Crippen molar-refractivity contribution in [2.24, 2.45) is 23.7 Å². The van der Waals surface area contributed by atoms with Gasteiger partial charge >= 0.3 is 5.97 Å². The number of cyclic esters (lactones) is 1. The fourth-order valence-corrected chi connectivity index (χ4v) is 8.41. The predicted octanol–water partition coefficient (Wildman–Crippen LogP) is 1.79. The maximum absolute atomic E-state index is 14.1. The summed E-state index contributed by atoms with van der Waals surface area (Å²) in [4.78, 5) is 29.8. The first kappa shape index (κ1) is 44.1. The standard InChI is InChI=1S/C37H67NO13/c1-14-25-37(10,45)30(41)20(4)27(39)18(2)16-35(8,44)32(51-34-28(40)24(38(11)12)15-19(3)47-34)21(5)29(22(6)33(43)49-25)50-26-17-36(9,46-13)31(42)23(7)48-26/h18-26,28-32,34,40-42,44-45H,14-17H2,1-13H3/t18-,19-,20+,21+,22-,23+,24+,25-,26-,28-,29+,30-,31+,32-,34-,35-,36-,37-/m1/s1. The largest absolute Gasteiger partial charge is 0.459 e. The minimum Gasteiger partial charge on any atom is -0.459 e. The fraction of sp³-hybridized carbons (Fsp3) is 0.946. The third-order valence-corrected chi connectivity index (χ3v) is 11.8. The van der Waals surface area contributed by atoms with Crippen molar-refractivity contribution in [3.8, 4) is 0 Å². The molecule has 5 N–H and O–H groups in total. The van der Waals surface area contributed by atoms with Gasteiger partial charge in [0, 0.05) is 37.3 Å². The number of esters is 1. The van der Waals surface area contributed by atoms with Gasteiger partial charge in [-0.2, -0.15) is 0 Å². The Bertz CT molecular complexity index is 1170. The van der Waals surface area contributed by atoms with Crippen molar-refractivity contribution in [1.82, 2.24) is 4.90 Å². The first-order valence-corrected chi connectivity index (χ1v) is 18.5. The lowest BCUT2D eigenvalue weighted by Gasteiger charge is -2.49. The number of carbonyl (C=O) groups excluding carboxylic acids is 2. The average molecular weight is 734 g/mol. The van der Waals surface area contributed by atoms with Crippen molar-refractivity contribution < 1.29 is 63.5 Å². The van der Waals surface area contributed by atoms with Crippen LogP contribution >= 0.6 is 0 Å². The third-order valence-electron chi connectivity index (χ3n) is 11.8. The highest BCUT2D eigenvalue weighted by Gasteiger charge is 2.53. The summed E-state index contributed by atoms with van der Waals surface area (Å²) in [6.45, 7) is 16.3. The van der Waals surface area contributed by atoms with E-state index in [9.17, 15) is 35.1 Å². The fourth-order valence-electron chi connectivity index (χ4n) is 8.41. The summed E-state index contributed by atoms with van der Waals surface area (Å²) in [7, 11) is 5.18. The molecule has 0 amide bonds. The van der Waals surface area contributed by atoms with Crippen LogP contribution in [0.25, 0.3) is 0 Å². The number of methoxy groups -OCH3 is 1. The van der Waals surface area contributed by atoms with E-state index < -0.39 is 108 Å². The van der Waals surface area contributed by atoms with E-state index in [1.807, 2.05) is 25.9 Å². The van der Waals surface area contributed by atoms with Gasteiger partial charge in [0.05, 0.1) is 47.6 Å². The molecule has 0 aromatic heterocycles. The van der Waals surface area contributed by atoms with Gasteiger partial charge in [0.25, 0.3) is 0 Å².